The van der Waals surface area contributed by atoms with Crippen molar-refractivity contribution in [2.75, 3.05) is 45.3 Å². The van der Waals surface area contributed by atoms with Crippen molar-refractivity contribution < 1.29 is 14.3 Å². The molecule has 1 aliphatic heterocycles. The Kier molecular flexibility index (Phi) is 5.87. The first-order chi connectivity index (χ1) is 14.5. The van der Waals surface area contributed by atoms with Crippen LogP contribution >= 0.6 is 11.3 Å². The van der Waals surface area contributed by atoms with Crippen molar-refractivity contribution in [3.63, 3.8) is 0 Å². The number of piperazine rings is 1. The summed E-state index contributed by atoms with van der Waals surface area (Å²) < 4.78 is 10.6. The molecule has 0 aliphatic carbocycles. The van der Waals surface area contributed by atoms with Crippen molar-refractivity contribution in [2.24, 2.45) is 0 Å². The van der Waals surface area contributed by atoms with Crippen molar-refractivity contribution >= 4 is 33.1 Å². The van der Waals surface area contributed by atoms with Gasteiger partial charge in [0.2, 0.25) is 5.88 Å². The first-order valence-corrected chi connectivity index (χ1v) is 10.8. The highest BCUT2D eigenvalue weighted by molar-refractivity contribution is 7.20. The van der Waals surface area contributed by atoms with E-state index >= 15 is 0 Å². The fourth-order valence-electron chi connectivity index (χ4n) is 3.90. The molecule has 4 rings (SSSR count). The van der Waals surface area contributed by atoms with Gasteiger partial charge in [0.05, 0.1) is 17.4 Å². The van der Waals surface area contributed by atoms with E-state index in [0.717, 1.165) is 28.9 Å². The molecule has 1 saturated heterocycles. The van der Waals surface area contributed by atoms with E-state index in [1.165, 1.54) is 22.6 Å². The quantitative estimate of drug-likeness (QED) is 0.623. The second-order valence-electron chi connectivity index (χ2n) is 7.38. The summed E-state index contributed by atoms with van der Waals surface area (Å²) in [6.07, 6.45) is 0. The van der Waals surface area contributed by atoms with E-state index in [4.69, 9.17) is 9.47 Å². The third-order valence-corrected chi connectivity index (χ3v) is 6.66. The molecule has 1 amide bonds. The van der Waals surface area contributed by atoms with Gasteiger partial charge in [0.1, 0.15) is 11.4 Å². The zero-order valence-electron chi connectivity index (χ0n) is 17.8. The van der Waals surface area contributed by atoms with E-state index in [1.807, 2.05) is 11.8 Å². The Bertz CT molecular complexity index is 1070. The first kappa shape index (κ1) is 20.6. The number of carbonyl (C=O) groups is 1. The fourth-order valence-corrected chi connectivity index (χ4v) is 5.06. The van der Waals surface area contributed by atoms with E-state index in [1.54, 1.807) is 14.2 Å². The summed E-state index contributed by atoms with van der Waals surface area (Å²) in [5.41, 5.74) is 3.38. The number of aryl methyl sites for hydroxylation is 2. The van der Waals surface area contributed by atoms with Crippen LogP contribution in [0.1, 0.15) is 26.6 Å². The summed E-state index contributed by atoms with van der Waals surface area (Å²) in [6.45, 7) is 7.39. The largest absolute Gasteiger partial charge is 0.480 e. The lowest BCUT2D eigenvalue weighted by atomic mass is 10.1. The highest BCUT2D eigenvalue weighted by Gasteiger charge is 2.27. The molecule has 158 valence electrons. The zero-order chi connectivity index (χ0) is 21.3. The lowest BCUT2D eigenvalue weighted by molar-refractivity contribution is 0.0751. The molecule has 1 fully saturated rings. The summed E-state index contributed by atoms with van der Waals surface area (Å²) in [7, 11) is 3.19. The standard InChI is InChI=1S/C22H26N4O3S/c1-14-7-5-6-8-16(14)25-9-11-26(12-10-25)22(27)19-15(2)18-20(29-4)23-17(13-28-3)24-21(18)30-19/h5-8H,9-13H2,1-4H3. The number of aromatic nitrogens is 2. The Morgan fingerprint density at radius 3 is 2.50 bits per heavy atom. The number of ether oxygens (including phenoxy) is 2. The van der Waals surface area contributed by atoms with Gasteiger partial charge in [-0.1, -0.05) is 18.2 Å². The molecule has 30 heavy (non-hydrogen) atoms. The van der Waals surface area contributed by atoms with E-state index in [0.29, 0.717) is 36.3 Å². The number of anilines is 1. The summed E-state index contributed by atoms with van der Waals surface area (Å²) in [4.78, 5) is 28.1. The number of rotatable bonds is 5. The number of carbonyl (C=O) groups excluding carboxylic acids is 1. The van der Waals surface area contributed by atoms with E-state index in [9.17, 15) is 4.79 Å². The zero-order valence-corrected chi connectivity index (χ0v) is 18.6. The Balaban J connectivity index is 1.57. The van der Waals surface area contributed by atoms with Crippen molar-refractivity contribution in [2.45, 2.75) is 20.5 Å². The lowest BCUT2D eigenvalue weighted by Gasteiger charge is -2.36. The van der Waals surface area contributed by atoms with Gasteiger partial charge in [0.25, 0.3) is 5.91 Å². The van der Waals surface area contributed by atoms with Gasteiger partial charge in [0, 0.05) is 39.0 Å². The fraction of sp³-hybridized carbons (Fsp3) is 0.409. The minimum atomic E-state index is 0.0512. The molecular formula is C22H26N4O3S. The summed E-state index contributed by atoms with van der Waals surface area (Å²) in [5, 5.41) is 0.809. The van der Waals surface area contributed by atoms with Crippen LogP contribution in [0.4, 0.5) is 5.69 Å². The van der Waals surface area contributed by atoms with E-state index in [-0.39, 0.29) is 5.91 Å². The Morgan fingerprint density at radius 2 is 1.83 bits per heavy atom. The van der Waals surface area contributed by atoms with Crippen molar-refractivity contribution in [1.82, 2.24) is 14.9 Å². The van der Waals surface area contributed by atoms with Crippen LogP contribution in [-0.4, -0.2) is 61.2 Å². The minimum Gasteiger partial charge on any atom is -0.480 e. The molecule has 0 spiro atoms. The van der Waals surface area contributed by atoms with Crippen LogP contribution in [0.3, 0.4) is 0 Å². The van der Waals surface area contributed by atoms with Crippen LogP contribution in [0.5, 0.6) is 5.88 Å². The highest BCUT2D eigenvalue weighted by atomic mass is 32.1. The summed E-state index contributed by atoms with van der Waals surface area (Å²) >= 11 is 1.40. The second-order valence-corrected chi connectivity index (χ2v) is 8.38. The SMILES string of the molecule is COCc1nc(OC)c2c(C)c(C(=O)N3CCN(c4ccccc4C)CC3)sc2n1. The smallest absolute Gasteiger partial charge is 0.264 e. The van der Waals surface area contributed by atoms with Gasteiger partial charge in [-0.3, -0.25) is 4.79 Å². The highest BCUT2D eigenvalue weighted by Crippen LogP contribution is 2.36. The van der Waals surface area contributed by atoms with Gasteiger partial charge >= 0.3 is 0 Å². The summed E-state index contributed by atoms with van der Waals surface area (Å²) in [5.74, 6) is 1.09. The molecule has 8 heteroatoms. The van der Waals surface area contributed by atoms with Gasteiger partial charge in [0.15, 0.2) is 5.82 Å². The number of thiophene rings is 1. The monoisotopic (exact) mass is 426 g/mol. The van der Waals surface area contributed by atoms with E-state index < -0.39 is 0 Å². The van der Waals surface area contributed by atoms with Crippen molar-refractivity contribution in [3.05, 3.63) is 46.1 Å². The minimum absolute atomic E-state index is 0.0512. The predicted octanol–water partition coefficient (Wildman–Crippen LogP) is 3.43. The van der Waals surface area contributed by atoms with Gasteiger partial charge in [-0.15, -0.1) is 11.3 Å². The average Bonchev–Trinajstić information content (AvgIpc) is 3.10. The van der Waals surface area contributed by atoms with Gasteiger partial charge < -0.3 is 19.3 Å². The number of hydrogen-bond acceptors (Lipinski definition) is 7. The molecule has 0 N–H and O–H groups in total. The average molecular weight is 427 g/mol. The number of methoxy groups -OCH3 is 2. The molecule has 0 unspecified atom stereocenters. The van der Waals surface area contributed by atoms with Gasteiger partial charge in [-0.25, -0.2) is 4.98 Å². The maximum absolute atomic E-state index is 13.3. The first-order valence-electron chi connectivity index (χ1n) is 9.96. The summed E-state index contributed by atoms with van der Waals surface area (Å²) in [6, 6.07) is 8.38. The van der Waals surface area contributed by atoms with Crippen molar-refractivity contribution in [1.29, 1.82) is 0 Å². The Labute approximate surface area is 180 Å². The Morgan fingerprint density at radius 1 is 1.10 bits per heavy atom. The van der Waals surface area contributed by atoms with E-state index in [2.05, 4.69) is 46.1 Å². The molecule has 1 aromatic carbocycles. The molecule has 1 aliphatic rings. The normalized spacial score (nSPS) is 14.4. The molecule has 3 aromatic rings. The van der Waals surface area contributed by atoms with Gasteiger partial charge in [-0.05, 0) is 31.0 Å². The number of para-hydroxylation sites is 1. The third kappa shape index (κ3) is 3.73. The number of nitrogens with zero attached hydrogens (tertiary/aromatic N) is 4. The number of amides is 1. The molecule has 2 aromatic heterocycles. The molecule has 3 heterocycles. The van der Waals surface area contributed by atoms with Crippen molar-refractivity contribution in [3.8, 4) is 5.88 Å². The molecule has 0 saturated carbocycles. The number of benzene rings is 1. The maximum atomic E-state index is 13.3. The lowest BCUT2D eigenvalue weighted by Crippen LogP contribution is -2.48. The maximum Gasteiger partial charge on any atom is 0.264 e. The number of hydrogen-bond donors (Lipinski definition) is 0. The number of fused-ring (bicyclic) bond motifs is 1. The van der Waals surface area contributed by atoms with Crippen LogP contribution in [0.2, 0.25) is 0 Å². The van der Waals surface area contributed by atoms with Crippen LogP contribution in [0.15, 0.2) is 24.3 Å². The molecule has 0 atom stereocenters. The topological polar surface area (TPSA) is 67.8 Å². The molecule has 0 radical (unpaired) electrons. The van der Waals surface area contributed by atoms with Crippen LogP contribution < -0.4 is 9.64 Å². The van der Waals surface area contributed by atoms with Crippen LogP contribution in [0, 0.1) is 13.8 Å². The second kappa shape index (κ2) is 8.57. The third-order valence-electron chi connectivity index (χ3n) is 5.49. The molecule has 0 bridgehead atoms. The Hall–Kier alpha value is -2.71. The molecule has 7 nitrogen and oxygen atoms in total. The van der Waals surface area contributed by atoms with Crippen LogP contribution in [-0.2, 0) is 11.3 Å². The van der Waals surface area contributed by atoms with Crippen LogP contribution in [0.25, 0.3) is 10.2 Å². The van der Waals surface area contributed by atoms with Gasteiger partial charge in [-0.2, -0.15) is 4.98 Å². The molecular weight excluding hydrogens is 400 g/mol. The predicted molar refractivity (Wildman–Crippen MR) is 119 cm³/mol.